The van der Waals surface area contributed by atoms with E-state index >= 15 is 0 Å². The van der Waals surface area contributed by atoms with Crippen LogP contribution < -0.4 is 4.57 Å². The van der Waals surface area contributed by atoms with Crippen molar-refractivity contribution in [3.8, 4) is 11.3 Å². The zero-order valence-corrected chi connectivity index (χ0v) is 13.9. The van der Waals surface area contributed by atoms with Crippen LogP contribution in [0.4, 0.5) is 0 Å². The van der Waals surface area contributed by atoms with E-state index in [4.69, 9.17) is 0 Å². The average molecular weight is 292 g/mol. The molecule has 0 amide bonds. The van der Waals surface area contributed by atoms with Crippen LogP contribution in [0.1, 0.15) is 48.9 Å². The second-order valence-corrected chi connectivity index (χ2v) is 7.45. The lowest BCUT2D eigenvalue weighted by atomic mass is 9.72. The summed E-state index contributed by atoms with van der Waals surface area (Å²) in [4.78, 5) is 0. The minimum Gasteiger partial charge on any atom is -0.198 e. The first-order valence-electron chi connectivity index (χ1n) is 8.75. The average Bonchev–Trinajstić information content (AvgIpc) is 2.98. The Labute approximate surface area is 134 Å². The molecule has 0 N–H and O–H groups in total. The molecule has 0 unspecified atom stereocenters. The Hall–Kier alpha value is -1.63. The molecular formula is C21H26N+. The molecule has 0 aliphatic heterocycles. The molecule has 2 aliphatic rings. The van der Waals surface area contributed by atoms with Crippen molar-refractivity contribution in [2.45, 2.75) is 51.9 Å². The van der Waals surface area contributed by atoms with Gasteiger partial charge >= 0.3 is 0 Å². The summed E-state index contributed by atoms with van der Waals surface area (Å²) in [5, 5.41) is 0. The van der Waals surface area contributed by atoms with Crippen molar-refractivity contribution in [1.82, 2.24) is 0 Å². The largest absolute Gasteiger partial charge is 0.212 e. The minimum atomic E-state index is 0.620. The van der Waals surface area contributed by atoms with Crippen LogP contribution in [0.5, 0.6) is 0 Å². The lowest BCUT2D eigenvalue weighted by Gasteiger charge is -2.32. The van der Waals surface area contributed by atoms with Crippen molar-refractivity contribution >= 4 is 0 Å². The minimum absolute atomic E-state index is 0.620. The smallest absolute Gasteiger partial charge is 0.198 e. The molecule has 2 aliphatic carbocycles. The Balaban J connectivity index is 1.80. The first-order valence-corrected chi connectivity index (χ1v) is 8.75. The van der Waals surface area contributed by atoms with E-state index in [2.05, 4.69) is 54.9 Å². The van der Waals surface area contributed by atoms with E-state index in [1.807, 2.05) is 0 Å². The second kappa shape index (κ2) is 5.22. The topological polar surface area (TPSA) is 3.88 Å². The summed E-state index contributed by atoms with van der Waals surface area (Å²) < 4.78 is 2.48. The van der Waals surface area contributed by atoms with E-state index in [1.54, 1.807) is 11.3 Å². The predicted octanol–water partition coefficient (Wildman–Crippen LogP) is 4.54. The monoisotopic (exact) mass is 292 g/mol. The Morgan fingerprint density at radius 3 is 2.50 bits per heavy atom. The van der Waals surface area contributed by atoms with E-state index in [1.165, 1.54) is 61.8 Å². The number of rotatable bonds is 1. The standard InChI is InChI=1S/C21H26N/c1-16-7-3-4-8-18(16)19-10-9-17-11-14-21(12-5-6-13-21)15-20(17)22(19)2/h3-4,7-10H,5-6,11-15H2,1-2H3/q+1. The maximum Gasteiger partial charge on any atom is 0.212 e. The fourth-order valence-corrected chi connectivity index (χ4v) is 4.73. The number of benzene rings is 1. The summed E-state index contributed by atoms with van der Waals surface area (Å²) in [5.41, 5.74) is 7.90. The summed E-state index contributed by atoms with van der Waals surface area (Å²) >= 11 is 0. The molecule has 1 fully saturated rings. The maximum absolute atomic E-state index is 2.48. The number of hydrogen-bond acceptors (Lipinski definition) is 0. The molecule has 1 nitrogen and oxygen atoms in total. The molecule has 1 spiro atoms. The number of aryl methyl sites for hydroxylation is 2. The van der Waals surface area contributed by atoms with Crippen molar-refractivity contribution < 1.29 is 4.57 Å². The fourth-order valence-electron chi connectivity index (χ4n) is 4.73. The third kappa shape index (κ3) is 2.18. The molecule has 2 aromatic rings. The summed E-state index contributed by atoms with van der Waals surface area (Å²) in [6.07, 6.45) is 9.74. The van der Waals surface area contributed by atoms with Crippen molar-refractivity contribution in [2.75, 3.05) is 0 Å². The lowest BCUT2D eigenvalue weighted by Crippen LogP contribution is -2.42. The SMILES string of the molecule is Cc1ccccc1-c1ccc2c([n+]1C)CC1(CCCC1)CC2. The quantitative estimate of drug-likeness (QED) is 0.680. The molecule has 4 rings (SSSR count). The fraction of sp³-hybridized carbons (Fsp3) is 0.476. The van der Waals surface area contributed by atoms with Crippen LogP contribution in [0.2, 0.25) is 0 Å². The van der Waals surface area contributed by atoms with E-state index in [9.17, 15) is 0 Å². The van der Waals surface area contributed by atoms with Crippen LogP contribution in [-0.2, 0) is 19.9 Å². The van der Waals surface area contributed by atoms with Gasteiger partial charge in [-0.2, -0.15) is 4.57 Å². The van der Waals surface area contributed by atoms with Gasteiger partial charge in [-0.05, 0) is 55.7 Å². The van der Waals surface area contributed by atoms with Crippen LogP contribution in [0.3, 0.4) is 0 Å². The highest BCUT2D eigenvalue weighted by molar-refractivity contribution is 5.61. The molecule has 1 heterocycles. The molecule has 0 saturated heterocycles. The van der Waals surface area contributed by atoms with E-state index in [-0.39, 0.29) is 0 Å². The van der Waals surface area contributed by atoms with Gasteiger partial charge in [-0.1, -0.05) is 31.0 Å². The van der Waals surface area contributed by atoms with Crippen molar-refractivity contribution in [1.29, 1.82) is 0 Å². The first kappa shape index (κ1) is 14.0. The molecule has 0 bridgehead atoms. The summed E-state index contributed by atoms with van der Waals surface area (Å²) in [5.74, 6) is 0. The highest BCUT2D eigenvalue weighted by Crippen LogP contribution is 2.47. The van der Waals surface area contributed by atoms with Gasteiger partial charge in [-0.25, -0.2) is 0 Å². The zero-order valence-electron chi connectivity index (χ0n) is 13.9. The molecule has 1 aromatic heterocycles. The molecule has 0 atom stereocenters. The third-order valence-electron chi connectivity index (χ3n) is 6.13. The van der Waals surface area contributed by atoms with Gasteiger partial charge in [0.25, 0.3) is 0 Å². The summed E-state index contributed by atoms with van der Waals surface area (Å²) in [6, 6.07) is 13.5. The zero-order chi connectivity index (χ0) is 15.2. The lowest BCUT2D eigenvalue weighted by molar-refractivity contribution is -0.669. The Morgan fingerprint density at radius 2 is 1.73 bits per heavy atom. The van der Waals surface area contributed by atoms with E-state index in [0.717, 1.165) is 0 Å². The van der Waals surface area contributed by atoms with Gasteiger partial charge in [0.2, 0.25) is 5.69 Å². The predicted molar refractivity (Wildman–Crippen MR) is 90.7 cm³/mol. The summed E-state index contributed by atoms with van der Waals surface area (Å²) in [7, 11) is 2.27. The normalized spacial score (nSPS) is 19.4. The van der Waals surface area contributed by atoms with Crippen LogP contribution in [0.25, 0.3) is 11.3 Å². The molecule has 0 radical (unpaired) electrons. The van der Waals surface area contributed by atoms with Gasteiger partial charge in [-0.3, -0.25) is 0 Å². The van der Waals surface area contributed by atoms with Crippen LogP contribution in [0, 0.1) is 12.3 Å². The van der Waals surface area contributed by atoms with Gasteiger partial charge in [0.05, 0.1) is 0 Å². The third-order valence-corrected chi connectivity index (χ3v) is 6.13. The second-order valence-electron chi connectivity index (χ2n) is 7.45. The Morgan fingerprint density at radius 1 is 0.955 bits per heavy atom. The van der Waals surface area contributed by atoms with Crippen LogP contribution >= 0.6 is 0 Å². The van der Waals surface area contributed by atoms with Gasteiger partial charge in [0.1, 0.15) is 7.05 Å². The van der Waals surface area contributed by atoms with Crippen molar-refractivity contribution in [3.63, 3.8) is 0 Å². The van der Waals surface area contributed by atoms with E-state index in [0.29, 0.717) is 5.41 Å². The highest BCUT2D eigenvalue weighted by atomic mass is 15.0. The highest BCUT2D eigenvalue weighted by Gasteiger charge is 2.40. The molecule has 1 aromatic carbocycles. The number of nitrogens with zero attached hydrogens (tertiary/aromatic N) is 1. The van der Waals surface area contributed by atoms with Crippen molar-refractivity contribution in [3.05, 3.63) is 53.2 Å². The number of aromatic nitrogens is 1. The molecule has 114 valence electrons. The molecule has 1 heteroatoms. The molecule has 22 heavy (non-hydrogen) atoms. The number of pyridine rings is 1. The van der Waals surface area contributed by atoms with Gasteiger partial charge < -0.3 is 0 Å². The first-order chi connectivity index (χ1) is 10.7. The van der Waals surface area contributed by atoms with Gasteiger partial charge in [-0.15, -0.1) is 0 Å². The Kier molecular flexibility index (Phi) is 3.32. The van der Waals surface area contributed by atoms with Gasteiger partial charge in [0, 0.05) is 23.6 Å². The number of hydrogen-bond donors (Lipinski definition) is 0. The Bertz CT molecular complexity index is 708. The summed E-state index contributed by atoms with van der Waals surface area (Å²) in [6.45, 7) is 2.22. The van der Waals surface area contributed by atoms with Crippen LogP contribution in [0.15, 0.2) is 36.4 Å². The molecular weight excluding hydrogens is 266 g/mol. The van der Waals surface area contributed by atoms with Crippen LogP contribution in [-0.4, -0.2) is 0 Å². The van der Waals surface area contributed by atoms with E-state index < -0.39 is 0 Å². The van der Waals surface area contributed by atoms with Gasteiger partial charge in [0.15, 0.2) is 5.69 Å². The number of fused-ring (bicyclic) bond motifs is 1. The van der Waals surface area contributed by atoms with Crippen molar-refractivity contribution in [2.24, 2.45) is 12.5 Å². The molecule has 1 saturated carbocycles. The maximum atomic E-state index is 2.48.